The SMILES string of the molecule is CCCC1(C#N)CCNC1=O. The fourth-order valence-corrected chi connectivity index (χ4v) is 1.50. The van der Waals surface area contributed by atoms with Crippen LogP contribution in [-0.2, 0) is 4.79 Å². The van der Waals surface area contributed by atoms with Crippen LogP contribution in [0.3, 0.4) is 0 Å². The lowest BCUT2D eigenvalue weighted by Gasteiger charge is -2.14. The number of nitriles is 1. The number of nitrogens with zero attached hydrogens (tertiary/aromatic N) is 1. The van der Waals surface area contributed by atoms with Gasteiger partial charge in [0.25, 0.3) is 0 Å². The van der Waals surface area contributed by atoms with Crippen molar-refractivity contribution in [2.45, 2.75) is 26.2 Å². The van der Waals surface area contributed by atoms with Crippen molar-refractivity contribution in [3.05, 3.63) is 0 Å². The molecule has 0 radical (unpaired) electrons. The molecule has 1 saturated heterocycles. The van der Waals surface area contributed by atoms with E-state index >= 15 is 0 Å². The average Bonchev–Trinajstić information content (AvgIpc) is 2.35. The summed E-state index contributed by atoms with van der Waals surface area (Å²) in [5, 5.41) is 11.5. The molecule has 0 aliphatic carbocycles. The van der Waals surface area contributed by atoms with E-state index in [4.69, 9.17) is 5.26 Å². The van der Waals surface area contributed by atoms with Gasteiger partial charge >= 0.3 is 0 Å². The van der Waals surface area contributed by atoms with Gasteiger partial charge in [0.1, 0.15) is 5.41 Å². The van der Waals surface area contributed by atoms with E-state index in [1.165, 1.54) is 0 Å². The van der Waals surface area contributed by atoms with Crippen LogP contribution in [0.5, 0.6) is 0 Å². The van der Waals surface area contributed by atoms with Crippen molar-refractivity contribution >= 4 is 5.91 Å². The second-order valence-electron chi connectivity index (χ2n) is 2.95. The van der Waals surface area contributed by atoms with E-state index < -0.39 is 5.41 Å². The van der Waals surface area contributed by atoms with Crippen LogP contribution < -0.4 is 5.32 Å². The summed E-state index contributed by atoms with van der Waals surface area (Å²) in [7, 11) is 0. The van der Waals surface area contributed by atoms with Crippen LogP contribution in [0.15, 0.2) is 0 Å². The Balaban J connectivity index is 2.75. The molecule has 0 spiro atoms. The molecule has 1 aliphatic heterocycles. The normalized spacial score (nSPS) is 29.6. The van der Waals surface area contributed by atoms with Gasteiger partial charge in [-0.05, 0) is 12.8 Å². The molecule has 3 heteroatoms. The Hall–Kier alpha value is -1.04. The molecular weight excluding hydrogens is 140 g/mol. The van der Waals surface area contributed by atoms with Crippen LogP contribution in [0.2, 0.25) is 0 Å². The van der Waals surface area contributed by atoms with Gasteiger partial charge in [-0.15, -0.1) is 0 Å². The molecule has 1 heterocycles. The highest BCUT2D eigenvalue weighted by Crippen LogP contribution is 2.30. The third-order valence-electron chi connectivity index (χ3n) is 2.16. The van der Waals surface area contributed by atoms with Crippen LogP contribution >= 0.6 is 0 Å². The van der Waals surface area contributed by atoms with Crippen LogP contribution in [-0.4, -0.2) is 12.5 Å². The summed E-state index contributed by atoms with van der Waals surface area (Å²) >= 11 is 0. The second-order valence-corrected chi connectivity index (χ2v) is 2.95. The van der Waals surface area contributed by atoms with Gasteiger partial charge in [-0.2, -0.15) is 5.26 Å². The minimum atomic E-state index is -0.700. The molecule has 0 saturated carbocycles. The summed E-state index contributed by atoms with van der Waals surface area (Å²) in [6.07, 6.45) is 2.26. The first kappa shape index (κ1) is 8.06. The summed E-state index contributed by atoms with van der Waals surface area (Å²) in [4.78, 5) is 11.2. The Bertz CT molecular complexity index is 207. The van der Waals surface area contributed by atoms with Gasteiger partial charge in [0, 0.05) is 6.54 Å². The summed E-state index contributed by atoms with van der Waals surface area (Å²) in [5.41, 5.74) is -0.700. The average molecular weight is 152 g/mol. The zero-order valence-corrected chi connectivity index (χ0v) is 6.68. The van der Waals surface area contributed by atoms with Crippen LogP contribution in [0.4, 0.5) is 0 Å². The lowest BCUT2D eigenvalue weighted by Crippen LogP contribution is -2.29. The maximum atomic E-state index is 11.2. The molecule has 1 amide bonds. The Morgan fingerprint density at radius 1 is 1.82 bits per heavy atom. The minimum Gasteiger partial charge on any atom is -0.355 e. The Kier molecular flexibility index (Phi) is 2.13. The van der Waals surface area contributed by atoms with Crippen molar-refractivity contribution in [3.63, 3.8) is 0 Å². The van der Waals surface area contributed by atoms with E-state index in [1.54, 1.807) is 0 Å². The molecule has 0 aromatic rings. The topological polar surface area (TPSA) is 52.9 Å². The predicted molar refractivity (Wildman–Crippen MR) is 40.6 cm³/mol. The van der Waals surface area contributed by atoms with Crippen molar-refractivity contribution in [1.29, 1.82) is 5.26 Å². The maximum Gasteiger partial charge on any atom is 0.240 e. The predicted octanol–water partition coefficient (Wildman–Crippen LogP) is 0.816. The zero-order valence-electron chi connectivity index (χ0n) is 6.68. The maximum absolute atomic E-state index is 11.2. The smallest absolute Gasteiger partial charge is 0.240 e. The van der Waals surface area contributed by atoms with Crippen molar-refractivity contribution in [1.82, 2.24) is 5.32 Å². The largest absolute Gasteiger partial charge is 0.355 e. The van der Waals surface area contributed by atoms with Crippen molar-refractivity contribution in [3.8, 4) is 6.07 Å². The van der Waals surface area contributed by atoms with Crippen LogP contribution in [0, 0.1) is 16.7 Å². The molecule has 1 rings (SSSR count). The molecule has 1 fully saturated rings. The molecule has 1 aliphatic rings. The molecule has 11 heavy (non-hydrogen) atoms. The van der Waals surface area contributed by atoms with Gasteiger partial charge in [-0.1, -0.05) is 13.3 Å². The van der Waals surface area contributed by atoms with Crippen molar-refractivity contribution in [2.75, 3.05) is 6.54 Å². The molecule has 1 unspecified atom stereocenters. The third-order valence-corrected chi connectivity index (χ3v) is 2.16. The summed E-state index contributed by atoms with van der Waals surface area (Å²) < 4.78 is 0. The van der Waals surface area contributed by atoms with E-state index in [2.05, 4.69) is 11.4 Å². The molecule has 1 N–H and O–H groups in total. The van der Waals surface area contributed by atoms with Crippen molar-refractivity contribution in [2.24, 2.45) is 5.41 Å². The van der Waals surface area contributed by atoms with E-state index in [0.29, 0.717) is 19.4 Å². The Morgan fingerprint density at radius 2 is 2.55 bits per heavy atom. The Morgan fingerprint density at radius 3 is 2.91 bits per heavy atom. The third kappa shape index (κ3) is 1.21. The fourth-order valence-electron chi connectivity index (χ4n) is 1.50. The highest BCUT2D eigenvalue weighted by molar-refractivity contribution is 5.87. The Labute approximate surface area is 66.4 Å². The zero-order chi connectivity index (χ0) is 8.32. The number of amides is 1. The quantitative estimate of drug-likeness (QED) is 0.636. The summed E-state index contributed by atoms with van der Waals surface area (Å²) in [6.45, 7) is 2.65. The second kappa shape index (κ2) is 2.91. The number of carbonyl (C=O) groups is 1. The van der Waals surface area contributed by atoms with Gasteiger partial charge in [0.2, 0.25) is 5.91 Å². The molecule has 0 bridgehead atoms. The monoisotopic (exact) mass is 152 g/mol. The number of rotatable bonds is 2. The lowest BCUT2D eigenvalue weighted by molar-refractivity contribution is -0.125. The number of carbonyl (C=O) groups excluding carboxylic acids is 1. The van der Waals surface area contributed by atoms with Crippen molar-refractivity contribution < 1.29 is 4.79 Å². The first-order valence-corrected chi connectivity index (χ1v) is 3.95. The van der Waals surface area contributed by atoms with E-state index in [1.807, 2.05) is 6.92 Å². The number of hydrogen-bond donors (Lipinski definition) is 1. The van der Waals surface area contributed by atoms with Crippen LogP contribution in [0.25, 0.3) is 0 Å². The molecule has 0 aromatic heterocycles. The van der Waals surface area contributed by atoms with Gasteiger partial charge in [0.15, 0.2) is 0 Å². The summed E-state index contributed by atoms with van der Waals surface area (Å²) in [5.74, 6) is -0.0816. The molecule has 60 valence electrons. The van der Waals surface area contributed by atoms with E-state index in [-0.39, 0.29) is 5.91 Å². The van der Waals surface area contributed by atoms with Gasteiger partial charge < -0.3 is 5.32 Å². The lowest BCUT2D eigenvalue weighted by atomic mass is 9.84. The summed E-state index contributed by atoms with van der Waals surface area (Å²) in [6, 6.07) is 2.12. The van der Waals surface area contributed by atoms with Gasteiger partial charge in [0.05, 0.1) is 6.07 Å². The van der Waals surface area contributed by atoms with Crippen LogP contribution in [0.1, 0.15) is 26.2 Å². The molecule has 1 atom stereocenters. The first-order chi connectivity index (χ1) is 5.25. The molecule has 3 nitrogen and oxygen atoms in total. The van der Waals surface area contributed by atoms with Gasteiger partial charge in [-0.3, -0.25) is 4.79 Å². The molecular formula is C8H12N2O. The highest BCUT2D eigenvalue weighted by atomic mass is 16.2. The van der Waals surface area contributed by atoms with E-state index in [0.717, 1.165) is 6.42 Å². The highest BCUT2D eigenvalue weighted by Gasteiger charge is 2.41. The molecule has 0 aromatic carbocycles. The van der Waals surface area contributed by atoms with E-state index in [9.17, 15) is 4.79 Å². The fraction of sp³-hybridized carbons (Fsp3) is 0.750. The number of nitrogens with one attached hydrogen (secondary N) is 1. The van der Waals surface area contributed by atoms with Gasteiger partial charge in [-0.25, -0.2) is 0 Å². The minimum absolute atomic E-state index is 0.0816. The number of hydrogen-bond acceptors (Lipinski definition) is 2. The first-order valence-electron chi connectivity index (χ1n) is 3.95. The standard InChI is InChI=1S/C8H12N2O/c1-2-3-8(6-9)4-5-10-7(8)11/h2-5H2,1H3,(H,10,11).